The molecule has 8 nitrogen and oxygen atoms in total. The molecule has 3 rings (SSSR count). The van der Waals surface area contributed by atoms with Crippen molar-refractivity contribution in [3.8, 4) is 5.75 Å². The van der Waals surface area contributed by atoms with Crippen LogP contribution in [-0.2, 0) is 11.3 Å². The van der Waals surface area contributed by atoms with Gasteiger partial charge in [0.05, 0.1) is 5.56 Å². The molecule has 0 spiro atoms. The standard InChI is InChI=1S/C18H17N5O3/c1-11-2-6-13(7-3-11)20-18-22-15(21-17(19)23-18)10-26-16(25)12-4-8-14(24)9-5-12/h2-9,24H,10H2,1H3,(H3,19,20,21,22,23). The molecule has 0 amide bonds. The Bertz CT molecular complexity index is 911. The van der Waals surface area contributed by atoms with E-state index in [0.29, 0.717) is 5.56 Å². The molecule has 0 bridgehead atoms. The number of esters is 1. The van der Waals surface area contributed by atoms with Crippen molar-refractivity contribution in [3.05, 3.63) is 65.5 Å². The van der Waals surface area contributed by atoms with E-state index in [1.54, 1.807) is 0 Å². The van der Waals surface area contributed by atoms with Crippen molar-refractivity contribution in [2.75, 3.05) is 11.1 Å². The summed E-state index contributed by atoms with van der Waals surface area (Å²) < 4.78 is 5.17. The predicted molar refractivity (Wildman–Crippen MR) is 95.9 cm³/mol. The average Bonchev–Trinajstić information content (AvgIpc) is 2.62. The molecule has 2 aromatic carbocycles. The minimum absolute atomic E-state index is 0.0188. The van der Waals surface area contributed by atoms with Crippen LogP contribution >= 0.6 is 0 Å². The zero-order chi connectivity index (χ0) is 18.5. The molecule has 0 aliphatic carbocycles. The highest BCUT2D eigenvalue weighted by molar-refractivity contribution is 5.89. The third-order valence-electron chi connectivity index (χ3n) is 3.44. The van der Waals surface area contributed by atoms with Crippen LogP contribution in [0.15, 0.2) is 48.5 Å². The summed E-state index contributed by atoms with van der Waals surface area (Å²) in [5.74, 6) is 0.0113. The second-order valence-corrected chi connectivity index (χ2v) is 5.55. The van der Waals surface area contributed by atoms with Gasteiger partial charge in [-0.3, -0.25) is 0 Å². The Morgan fingerprint density at radius 2 is 1.77 bits per heavy atom. The average molecular weight is 351 g/mol. The molecule has 1 heterocycles. The molecule has 0 unspecified atom stereocenters. The van der Waals surface area contributed by atoms with E-state index in [1.165, 1.54) is 24.3 Å². The number of hydrogen-bond donors (Lipinski definition) is 3. The van der Waals surface area contributed by atoms with Gasteiger partial charge in [-0.15, -0.1) is 0 Å². The van der Waals surface area contributed by atoms with Gasteiger partial charge in [-0.1, -0.05) is 17.7 Å². The molecule has 0 saturated heterocycles. The summed E-state index contributed by atoms with van der Waals surface area (Å²) in [6.45, 7) is 1.83. The minimum Gasteiger partial charge on any atom is -0.508 e. The number of nitrogens with two attached hydrogens (primary N) is 1. The summed E-state index contributed by atoms with van der Waals surface area (Å²) >= 11 is 0. The first-order valence-electron chi connectivity index (χ1n) is 7.80. The molecule has 4 N–H and O–H groups in total. The second-order valence-electron chi connectivity index (χ2n) is 5.55. The number of nitrogens with one attached hydrogen (secondary N) is 1. The van der Waals surface area contributed by atoms with Crippen molar-refractivity contribution in [1.82, 2.24) is 15.0 Å². The lowest BCUT2D eigenvalue weighted by Gasteiger charge is -2.08. The zero-order valence-electron chi connectivity index (χ0n) is 14.0. The highest BCUT2D eigenvalue weighted by atomic mass is 16.5. The number of carbonyl (C=O) groups is 1. The fourth-order valence-corrected chi connectivity index (χ4v) is 2.14. The number of nitrogen functional groups attached to an aromatic ring is 1. The van der Waals surface area contributed by atoms with Crippen LogP contribution in [0.5, 0.6) is 5.75 Å². The lowest BCUT2D eigenvalue weighted by Crippen LogP contribution is -2.11. The number of aryl methyl sites for hydroxylation is 1. The van der Waals surface area contributed by atoms with E-state index in [-0.39, 0.29) is 30.1 Å². The summed E-state index contributed by atoms with van der Waals surface area (Å²) in [5, 5.41) is 12.3. The third kappa shape index (κ3) is 4.44. The minimum atomic E-state index is -0.558. The Kier molecular flexibility index (Phi) is 4.93. The summed E-state index contributed by atoms with van der Waals surface area (Å²) in [5.41, 5.74) is 7.94. The van der Waals surface area contributed by atoms with Crippen LogP contribution in [0.3, 0.4) is 0 Å². The summed E-state index contributed by atoms with van der Waals surface area (Å²) in [7, 11) is 0. The Balaban J connectivity index is 1.68. The molecule has 0 fully saturated rings. The maximum Gasteiger partial charge on any atom is 0.338 e. The number of phenols is 1. The number of aromatic hydroxyl groups is 1. The Hall–Kier alpha value is -3.68. The van der Waals surface area contributed by atoms with Crippen LogP contribution in [0.25, 0.3) is 0 Å². The molecule has 0 radical (unpaired) electrons. The van der Waals surface area contributed by atoms with Crippen molar-refractivity contribution in [1.29, 1.82) is 0 Å². The predicted octanol–water partition coefficient (Wildman–Crippen LogP) is 2.57. The van der Waals surface area contributed by atoms with Crippen LogP contribution in [0.2, 0.25) is 0 Å². The van der Waals surface area contributed by atoms with Crippen LogP contribution in [0, 0.1) is 6.92 Å². The van der Waals surface area contributed by atoms with Crippen molar-refractivity contribution >= 4 is 23.6 Å². The Morgan fingerprint density at radius 1 is 1.08 bits per heavy atom. The van der Waals surface area contributed by atoms with E-state index >= 15 is 0 Å². The monoisotopic (exact) mass is 351 g/mol. The van der Waals surface area contributed by atoms with Gasteiger partial charge in [0.2, 0.25) is 11.9 Å². The van der Waals surface area contributed by atoms with Gasteiger partial charge < -0.3 is 20.9 Å². The van der Waals surface area contributed by atoms with Gasteiger partial charge in [-0.05, 0) is 43.3 Å². The van der Waals surface area contributed by atoms with Gasteiger partial charge in [-0.2, -0.15) is 15.0 Å². The largest absolute Gasteiger partial charge is 0.508 e. The molecule has 1 aromatic heterocycles. The number of nitrogens with zero attached hydrogens (tertiary/aromatic N) is 3. The van der Waals surface area contributed by atoms with Crippen LogP contribution < -0.4 is 11.1 Å². The van der Waals surface area contributed by atoms with Crippen molar-refractivity contribution in [2.45, 2.75) is 13.5 Å². The topological polar surface area (TPSA) is 123 Å². The van der Waals surface area contributed by atoms with Crippen molar-refractivity contribution in [3.63, 3.8) is 0 Å². The Labute approximate surface area is 149 Å². The third-order valence-corrected chi connectivity index (χ3v) is 3.44. The summed E-state index contributed by atoms with van der Waals surface area (Å²) in [6.07, 6.45) is 0. The van der Waals surface area contributed by atoms with E-state index in [0.717, 1.165) is 11.3 Å². The lowest BCUT2D eigenvalue weighted by atomic mass is 10.2. The molecule has 26 heavy (non-hydrogen) atoms. The van der Waals surface area contributed by atoms with Crippen molar-refractivity contribution in [2.24, 2.45) is 0 Å². The van der Waals surface area contributed by atoms with Gasteiger partial charge in [0, 0.05) is 5.69 Å². The fraction of sp³-hybridized carbons (Fsp3) is 0.111. The van der Waals surface area contributed by atoms with Gasteiger partial charge in [0.25, 0.3) is 0 Å². The number of rotatable bonds is 5. The highest BCUT2D eigenvalue weighted by Crippen LogP contribution is 2.15. The van der Waals surface area contributed by atoms with Crippen molar-refractivity contribution < 1.29 is 14.6 Å². The number of aromatic nitrogens is 3. The smallest absolute Gasteiger partial charge is 0.338 e. The molecular formula is C18H17N5O3. The molecule has 8 heteroatoms. The van der Waals surface area contributed by atoms with E-state index in [4.69, 9.17) is 10.5 Å². The second kappa shape index (κ2) is 7.47. The maximum absolute atomic E-state index is 12.0. The first-order chi connectivity index (χ1) is 12.5. The molecule has 0 aliphatic rings. The highest BCUT2D eigenvalue weighted by Gasteiger charge is 2.10. The van der Waals surface area contributed by atoms with Gasteiger partial charge in [-0.25, -0.2) is 4.79 Å². The van der Waals surface area contributed by atoms with E-state index in [1.807, 2.05) is 31.2 Å². The summed E-state index contributed by atoms with van der Waals surface area (Å²) in [4.78, 5) is 24.2. The number of benzene rings is 2. The molecule has 132 valence electrons. The zero-order valence-corrected chi connectivity index (χ0v) is 14.0. The number of carbonyl (C=O) groups excluding carboxylic acids is 1. The quantitative estimate of drug-likeness (QED) is 0.599. The number of ether oxygens (including phenoxy) is 1. The van der Waals surface area contributed by atoms with E-state index < -0.39 is 5.97 Å². The number of phenolic OH excluding ortho intramolecular Hbond substituents is 1. The molecule has 0 atom stereocenters. The van der Waals surface area contributed by atoms with E-state index in [2.05, 4.69) is 20.3 Å². The normalized spacial score (nSPS) is 10.3. The molecule has 3 aromatic rings. The van der Waals surface area contributed by atoms with Gasteiger partial charge in [0.1, 0.15) is 5.75 Å². The van der Waals surface area contributed by atoms with Crippen LogP contribution in [0.4, 0.5) is 17.6 Å². The first-order valence-corrected chi connectivity index (χ1v) is 7.80. The Morgan fingerprint density at radius 3 is 2.46 bits per heavy atom. The van der Waals surface area contributed by atoms with Crippen LogP contribution in [0.1, 0.15) is 21.7 Å². The number of anilines is 3. The lowest BCUT2D eigenvalue weighted by molar-refractivity contribution is 0.0462. The molecule has 0 saturated carbocycles. The van der Waals surface area contributed by atoms with E-state index in [9.17, 15) is 9.90 Å². The van der Waals surface area contributed by atoms with Gasteiger partial charge in [0.15, 0.2) is 12.4 Å². The fourth-order valence-electron chi connectivity index (χ4n) is 2.14. The SMILES string of the molecule is Cc1ccc(Nc2nc(N)nc(COC(=O)c3ccc(O)cc3)n2)cc1. The number of hydrogen-bond acceptors (Lipinski definition) is 8. The van der Waals surface area contributed by atoms with Crippen LogP contribution in [-0.4, -0.2) is 26.0 Å². The summed E-state index contributed by atoms with van der Waals surface area (Å²) in [6, 6.07) is 13.4. The molecule has 0 aliphatic heterocycles. The maximum atomic E-state index is 12.0. The first kappa shape index (κ1) is 17.2. The van der Waals surface area contributed by atoms with Gasteiger partial charge >= 0.3 is 5.97 Å². The molecular weight excluding hydrogens is 334 g/mol.